The Bertz CT molecular complexity index is 515. The summed E-state index contributed by atoms with van der Waals surface area (Å²) in [5.74, 6) is 0.263. The highest BCUT2D eigenvalue weighted by Crippen LogP contribution is 2.41. The van der Waals surface area contributed by atoms with Gasteiger partial charge in [0.05, 0.1) is 14.7 Å². The number of fused-ring (bicyclic) bond motifs is 1. The number of carbonyl (C=O) groups is 1. The first-order valence-electron chi connectivity index (χ1n) is 4.70. The summed E-state index contributed by atoms with van der Waals surface area (Å²) in [6.45, 7) is 0. The van der Waals surface area contributed by atoms with Crippen LogP contribution in [0.4, 0.5) is 0 Å². The summed E-state index contributed by atoms with van der Waals surface area (Å²) in [5, 5.41) is 0. The molecule has 0 fully saturated rings. The molecule has 2 heterocycles. The van der Waals surface area contributed by atoms with Crippen LogP contribution < -0.4 is 0 Å². The van der Waals surface area contributed by atoms with E-state index in [9.17, 15) is 4.79 Å². The number of aromatic nitrogens is 1. The fraction of sp³-hybridized carbons (Fsp3) is 0.182. The van der Waals surface area contributed by atoms with Crippen LogP contribution in [-0.2, 0) is 0 Å². The van der Waals surface area contributed by atoms with Crippen LogP contribution in [0, 0.1) is 0 Å². The summed E-state index contributed by atoms with van der Waals surface area (Å²) in [6, 6.07) is 6.24. The van der Waals surface area contributed by atoms with Crippen molar-refractivity contribution in [1.29, 1.82) is 0 Å². The fourth-order valence-electron chi connectivity index (χ4n) is 2.04. The number of ketones is 1. The van der Waals surface area contributed by atoms with Crippen LogP contribution >= 0.6 is 27.3 Å². The van der Waals surface area contributed by atoms with Crippen molar-refractivity contribution in [3.8, 4) is 0 Å². The lowest BCUT2D eigenvalue weighted by Crippen LogP contribution is -2.04. The fourth-order valence-corrected chi connectivity index (χ4v) is 3.66. The van der Waals surface area contributed by atoms with Gasteiger partial charge in [0.15, 0.2) is 5.78 Å². The summed E-state index contributed by atoms with van der Waals surface area (Å²) < 4.78 is 3.14. The lowest BCUT2D eigenvalue weighted by atomic mass is 10.2. The van der Waals surface area contributed by atoms with Gasteiger partial charge in [-0.3, -0.25) is 4.79 Å². The Morgan fingerprint density at radius 3 is 2.87 bits per heavy atom. The van der Waals surface area contributed by atoms with Crippen LogP contribution in [0.2, 0.25) is 0 Å². The minimum atomic E-state index is 0.199. The van der Waals surface area contributed by atoms with E-state index in [1.165, 1.54) is 11.3 Å². The summed E-state index contributed by atoms with van der Waals surface area (Å²) in [6.07, 6.45) is 4.63. The molecule has 0 N–H and O–H groups in total. The van der Waals surface area contributed by atoms with Gasteiger partial charge in [-0.1, -0.05) is 0 Å². The maximum absolute atomic E-state index is 11.8. The molecular weight excluding hydrogens is 274 g/mol. The molecule has 1 atom stereocenters. The monoisotopic (exact) mass is 281 g/mol. The van der Waals surface area contributed by atoms with Crippen molar-refractivity contribution in [1.82, 2.24) is 4.57 Å². The van der Waals surface area contributed by atoms with Crippen molar-refractivity contribution in [2.45, 2.75) is 12.5 Å². The van der Waals surface area contributed by atoms with E-state index in [-0.39, 0.29) is 11.8 Å². The Morgan fingerprint density at radius 2 is 2.13 bits per heavy atom. The quantitative estimate of drug-likeness (QED) is 0.784. The maximum atomic E-state index is 11.8. The van der Waals surface area contributed by atoms with Gasteiger partial charge in [-0.15, -0.1) is 11.3 Å². The molecule has 2 aromatic heterocycles. The van der Waals surface area contributed by atoms with Gasteiger partial charge in [0.25, 0.3) is 0 Å². The number of hydrogen-bond donors (Lipinski definition) is 0. The number of rotatable bonds is 1. The summed E-state index contributed by atoms with van der Waals surface area (Å²) >= 11 is 4.97. The largest absolute Gasteiger partial charge is 0.346 e. The molecule has 0 radical (unpaired) electrons. The number of halogens is 1. The molecular formula is C11H8BrNOS. The zero-order valence-electron chi connectivity index (χ0n) is 7.81. The van der Waals surface area contributed by atoms with E-state index < -0.39 is 0 Å². The maximum Gasteiger partial charge on any atom is 0.175 e. The first kappa shape index (κ1) is 9.36. The minimum absolute atomic E-state index is 0.199. The first-order chi connectivity index (χ1) is 7.25. The van der Waals surface area contributed by atoms with Crippen LogP contribution in [0.3, 0.4) is 0 Å². The Kier molecular flexibility index (Phi) is 2.07. The Hall–Kier alpha value is -0.870. The number of carbonyl (C=O) groups excluding carboxylic acids is 1. The first-order valence-corrected chi connectivity index (χ1v) is 6.31. The smallest absolute Gasteiger partial charge is 0.175 e. The number of nitrogens with zero attached hydrogens (tertiary/aromatic N) is 1. The van der Waals surface area contributed by atoms with Crippen LogP contribution in [0.5, 0.6) is 0 Å². The van der Waals surface area contributed by atoms with Crippen molar-refractivity contribution >= 4 is 33.0 Å². The second-order valence-electron chi connectivity index (χ2n) is 3.61. The van der Waals surface area contributed by atoms with Crippen molar-refractivity contribution < 1.29 is 4.79 Å². The van der Waals surface area contributed by atoms with E-state index in [4.69, 9.17) is 0 Å². The van der Waals surface area contributed by atoms with Gasteiger partial charge in [0.2, 0.25) is 0 Å². The molecule has 0 spiro atoms. The lowest BCUT2D eigenvalue weighted by Gasteiger charge is -2.10. The highest BCUT2D eigenvalue weighted by atomic mass is 79.9. The summed E-state index contributed by atoms with van der Waals surface area (Å²) in [5.41, 5.74) is 1.16. The molecule has 0 amide bonds. The SMILES string of the molecule is O=C1CC(n2cccc2)c2cc(Br)sc21. The van der Waals surface area contributed by atoms with E-state index in [0.29, 0.717) is 6.42 Å². The molecule has 0 saturated carbocycles. The molecule has 0 saturated heterocycles. The predicted molar refractivity (Wildman–Crippen MR) is 63.5 cm³/mol. The third kappa shape index (κ3) is 1.40. The highest BCUT2D eigenvalue weighted by molar-refractivity contribution is 9.11. The van der Waals surface area contributed by atoms with Gasteiger partial charge in [-0.25, -0.2) is 0 Å². The van der Waals surface area contributed by atoms with E-state index in [2.05, 4.69) is 26.6 Å². The number of hydrogen-bond acceptors (Lipinski definition) is 2. The molecule has 0 aromatic carbocycles. The average Bonchev–Trinajstić information content (AvgIpc) is 2.85. The second kappa shape index (κ2) is 3.32. The molecule has 1 aliphatic carbocycles. The Morgan fingerprint density at radius 1 is 1.40 bits per heavy atom. The van der Waals surface area contributed by atoms with Gasteiger partial charge in [-0.05, 0) is 39.7 Å². The van der Waals surface area contributed by atoms with Crippen LogP contribution in [0.15, 0.2) is 34.4 Å². The molecule has 2 aromatic rings. The Labute approximate surface area is 99.7 Å². The van der Waals surface area contributed by atoms with Gasteiger partial charge >= 0.3 is 0 Å². The van der Waals surface area contributed by atoms with Gasteiger partial charge in [-0.2, -0.15) is 0 Å². The minimum Gasteiger partial charge on any atom is -0.346 e. The molecule has 0 bridgehead atoms. The molecule has 76 valence electrons. The third-order valence-electron chi connectivity index (χ3n) is 2.71. The second-order valence-corrected chi connectivity index (χ2v) is 6.04. The van der Waals surface area contributed by atoms with Crippen LogP contribution in [0.25, 0.3) is 0 Å². The lowest BCUT2D eigenvalue weighted by molar-refractivity contribution is 0.0989. The van der Waals surface area contributed by atoms with E-state index in [1.807, 2.05) is 24.5 Å². The van der Waals surface area contributed by atoms with Crippen molar-refractivity contribution in [3.05, 3.63) is 44.8 Å². The van der Waals surface area contributed by atoms with Gasteiger partial charge in [0.1, 0.15) is 0 Å². The molecule has 15 heavy (non-hydrogen) atoms. The zero-order valence-corrected chi connectivity index (χ0v) is 10.2. The van der Waals surface area contributed by atoms with Crippen molar-refractivity contribution in [2.24, 2.45) is 0 Å². The topological polar surface area (TPSA) is 22.0 Å². The van der Waals surface area contributed by atoms with Crippen molar-refractivity contribution in [2.75, 3.05) is 0 Å². The molecule has 1 unspecified atom stereocenters. The molecule has 1 aliphatic rings. The van der Waals surface area contributed by atoms with Crippen molar-refractivity contribution in [3.63, 3.8) is 0 Å². The molecule has 2 nitrogen and oxygen atoms in total. The van der Waals surface area contributed by atoms with E-state index in [1.54, 1.807) is 0 Å². The average molecular weight is 282 g/mol. The number of thiophene rings is 1. The highest BCUT2D eigenvalue weighted by Gasteiger charge is 2.32. The standard InChI is InChI=1S/C11H8BrNOS/c12-10-5-7-8(13-3-1-2-4-13)6-9(14)11(7)15-10/h1-5,8H,6H2. The van der Waals surface area contributed by atoms with E-state index >= 15 is 0 Å². The van der Waals surface area contributed by atoms with Gasteiger partial charge < -0.3 is 4.57 Å². The van der Waals surface area contributed by atoms with Crippen LogP contribution in [-0.4, -0.2) is 10.4 Å². The molecule has 3 rings (SSSR count). The zero-order chi connectivity index (χ0) is 10.4. The van der Waals surface area contributed by atoms with Crippen LogP contribution in [0.1, 0.15) is 27.7 Å². The third-order valence-corrected chi connectivity index (χ3v) is 4.40. The molecule has 0 aliphatic heterocycles. The number of Topliss-reactive ketones (excluding diaryl/α,β-unsaturated/α-hetero) is 1. The van der Waals surface area contributed by atoms with Gasteiger partial charge in [0, 0.05) is 18.8 Å². The normalized spacial score (nSPS) is 19.5. The summed E-state index contributed by atoms with van der Waals surface area (Å²) in [4.78, 5) is 12.7. The molecule has 4 heteroatoms. The summed E-state index contributed by atoms with van der Waals surface area (Å²) in [7, 11) is 0. The predicted octanol–water partition coefficient (Wildman–Crippen LogP) is 3.49. The van der Waals surface area contributed by atoms with E-state index in [0.717, 1.165) is 14.2 Å². The Balaban J connectivity index is 2.12.